The zero-order chi connectivity index (χ0) is 36.4. The van der Waals surface area contributed by atoms with Crippen LogP contribution in [0.3, 0.4) is 0 Å². The number of carbonyl (C=O) groups is 1. The molecule has 0 bridgehead atoms. The standard InChI is InChI=1S/C40H44Cl2N4O4Si/c1-29-33(24-34-35(41)13-8-14-36(34)42)38(47)19-21-45(29)20-9-12-30-15-17-32(18-16-30)37-26-46(28-49-22-23-51(2,3)4)39(44-37)25-43-40(48)50-27-31-10-6-5-7-11-31/h5-19,21,26H,20,22-25,27-28H2,1-4H3,(H,43,48)/b12-9+. The van der Waals surface area contributed by atoms with Crippen LogP contribution >= 0.6 is 23.2 Å². The van der Waals surface area contributed by atoms with Gasteiger partial charge in [0, 0.05) is 73.0 Å². The highest BCUT2D eigenvalue weighted by atomic mass is 35.5. The molecule has 3 aromatic carbocycles. The van der Waals surface area contributed by atoms with Crippen molar-refractivity contribution in [1.82, 2.24) is 19.4 Å². The number of carbonyl (C=O) groups excluding carboxylic acids is 1. The third-order valence-corrected chi connectivity index (χ3v) is 10.9. The fourth-order valence-corrected chi connectivity index (χ4v) is 6.68. The molecule has 0 unspecified atom stereocenters. The first-order chi connectivity index (χ1) is 24.5. The average molecular weight is 744 g/mol. The minimum absolute atomic E-state index is 0.0400. The molecular weight excluding hydrogens is 699 g/mol. The summed E-state index contributed by atoms with van der Waals surface area (Å²) in [4.78, 5) is 30.1. The molecule has 0 spiro atoms. The number of halogens is 2. The summed E-state index contributed by atoms with van der Waals surface area (Å²) in [6.45, 7) is 10.9. The zero-order valence-electron chi connectivity index (χ0n) is 29.5. The second-order valence-electron chi connectivity index (χ2n) is 13.6. The molecule has 0 aliphatic carbocycles. The van der Waals surface area contributed by atoms with Crippen molar-refractivity contribution in [2.45, 2.75) is 65.5 Å². The lowest BCUT2D eigenvalue weighted by Gasteiger charge is -2.16. The van der Waals surface area contributed by atoms with Gasteiger partial charge in [-0.25, -0.2) is 9.78 Å². The predicted molar refractivity (Wildman–Crippen MR) is 209 cm³/mol. The lowest BCUT2D eigenvalue weighted by Crippen LogP contribution is -2.26. The number of hydrogen-bond acceptors (Lipinski definition) is 5. The van der Waals surface area contributed by atoms with Gasteiger partial charge in [-0.05, 0) is 41.8 Å². The topological polar surface area (TPSA) is 87.4 Å². The van der Waals surface area contributed by atoms with Crippen LogP contribution in [0.15, 0.2) is 102 Å². The Morgan fingerprint density at radius 2 is 1.65 bits per heavy atom. The van der Waals surface area contributed by atoms with Crippen molar-refractivity contribution in [1.29, 1.82) is 0 Å². The summed E-state index contributed by atoms with van der Waals surface area (Å²) in [7, 11) is -1.24. The molecule has 51 heavy (non-hydrogen) atoms. The van der Waals surface area contributed by atoms with E-state index in [-0.39, 0.29) is 18.6 Å². The molecule has 0 radical (unpaired) electrons. The molecule has 2 aromatic heterocycles. The van der Waals surface area contributed by atoms with E-state index in [4.69, 9.17) is 37.7 Å². The maximum Gasteiger partial charge on any atom is 0.407 e. The van der Waals surface area contributed by atoms with Crippen molar-refractivity contribution in [2.75, 3.05) is 6.61 Å². The van der Waals surface area contributed by atoms with Crippen LogP contribution in [-0.2, 0) is 42.3 Å². The number of nitrogens with zero attached hydrogens (tertiary/aromatic N) is 3. The fraction of sp³-hybridized carbons (Fsp3) is 0.275. The molecule has 0 aliphatic heterocycles. The molecule has 0 saturated carbocycles. The summed E-state index contributed by atoms with van der Waals surface area (Å²) >= 11 is 12.8. The number of nitrogens with one attached hydrogen (secondary N) is 1. The van der Waals surface area contributed by atoms with E-state index in [1.165, 1.54) is 0 Å². The summed E-state index contributed by atoms with van der Waals surface area (Å²) < 4.78 is 15.4. The number of imidazole rings is 1. The van der Waals surface area contributed by atoms with Crippen LogP contribution in [0.1, 0.15) is 33.8 Å². The van der Waals surface area contributed by atoms with Gasteiger partial charge < -0.3 is 23.9 Å². The van der Waals surface area contributed by atoms with Gasteiger partial charge in [-0.1, -0.05) is 116 Å². The highest BCUT2D eigenvalue weighted by Gasteiger charge is 2.16. The molecule has 0 fully saturated rings. The summed E-state index contributed by atoms with van der Waals surface area (Å²) in [5, 5.41) is 3.92. The van der Waals surface area contributed by atoms with Crippen molar-refractivity contribution in [3.63, 3.8) is 0 Å². The maximum absolute atomic E-state index is 12.8. The van der Waals surface area contributed by atoms with E-state index in [1.54, 1.807) is 24.3 Å². The summed E-state index contributed by atoms with van der Waals surface area (Å²) in [5.74, 6) is 0.673. The number of pyridine rings is 1. The number of benzene rings is 3. The third-order valence-electron chi connectivity index (χ3n) is 8.49. The molecule has 0 saturated heterocycles. The SMILES string of the molecule is Cc1c(Cc2c(Cl)cccc2Cl)c(=O)ccn1C/C=C/c1ccc(-c2cn(COCC[Si](C)(C)C)c(CNC(=O)OCc3ccccc3)n2)cc1. The number of ether oxygens (including phenoxy) is 2. The van der Waals surface area contributed by atoms with Gasteiger partial charge in [0.1, 0.15) is 19.2 Å². The van der Waals surface area contributed by atoms with Crippen molar-refractivity contribution in [3.8, 4) is 11.3 Å². The van der Waals surface area contributed by atoms with Gasteiger partial charge in [0.2, 0.25) is 0 Å². The van der Waals surface area contributed by atoms with Crippen LogP contribution in [0.5, 0.6) is 0 Å². The molecule has 5 rings (SSSR count). The van der Waals surface area contributed by atoms with Gasteiger partial charge in [-0.15, -0.1) is 0 Å². The number of amides is 1. The van der Waals surface area contributed by atoms with Crippen LogP contribution in [-0.4, -0.2) is 34.9 Å². The molecule has 266 valence electrons. The van der Waals surface area contributed by atoms with Crippen LogP contribution in [0.25, 0.3) is 17.3 Å². The largest absolute Gasteiger partial charge is 0.445 e. The first-order valence-electron chi connectivity index (χ1n) is 16.9. The number of hydrogen-bond donors (Lipinski definition) is 1. The maximum atomic E-state index is 12.8. The van der Waals surface area contributed by atoms with Gasteiger partial charge in [0.25, 0.3) is 0 Å². The summed E-state index contributed by atoms with van der Waals surface area (Å²) in [6.07, 6.45) is 7.73. The smallest absolute Gasteiger partial charge is 0.407 e. The first kappa shape index (κ1) is 37.8. The Bertz CT molecular complexity index is 2000. The van der Waals surface area contributed by atoms with Gasteiger partial charge in [0.05, 0.1) is 12.2 Å². The van der Waals surface area contributed by atoms with Gasteiger partial charge in [-0.2, -0.15) is 0 Å². The molecule has 5 aromatic rings. The Morgan fingerprint density at radius 1 is 0.922 bits per heavy atom. The molecule has 8 nitrogen and oxygen atoms in total. The third kappa shape index (κ3) is 11.0. The molecule has 11 heteroatoms. The van der Waals surface area contributed by atoms with Crippen LogP contribution < -0.4 is 10.7 Å². The molecule has 0 aliphatic rings. The van der Waals surface area contributed by atoms with E-state index in [1.807, 2.05) is 89.1 Å². The van der Waals surface area contributed by atoms with E-state index >= 15 is 0 Å². The number of aromatic nitrogens is 3. The Morgan fingerprint density at radius 3 is 2.35 bits per heavy atom. The Labute approximate surface area is 310 Å². The minimum Gasteiger partial charge on any atom is -0.445 e. The van der Waals surface area contributed by atoms with Crippen LogP contribution in [0.4, 0.5) is 4.79 Å². The first-order valence-corrected chi connectivity index (χ1v) is 21.4. The highest BCUT2D eigenvalue weighted by Crippen LogP contribution is 2.27. The van der Waals surface area contributed by atoms with Gasteiger partial charge in [0.15, 0.2) is 5.43 Å². The minimum atomic E-state index is -1.24. The van der Waals surface area contributed by atoms with Crippen molar-refractivity contribution >= 4 is 43.4 Å². The molecule has 1 amide bonds. The second kappa shape index (κ2) is 17.7. The molecule has 0 atom stereocenters. The van der Waals surface area contributed by atoms with Gasteiger partial charge in [-0.3, -0.25) is 4.79 Å². The Kier molecular flexibility index (Phi) is 13.1. The zero-order valence-corrected chi connectivity index (χ0v) is 32.0. The summed E-state index contributed by atoms with van der Waals surface area (Å²) in [6, 6.07) is 25.7. The molecule has 1 N–H and O–H groups in total. The van der Waals surface area contributed by atoms with E-state index in [0.717, 1.165) is 39.7 Å². The fourth-order valence-electron chi connectivity index (χ4n) is 5.39. The lowest BCUT2D eigenvalue weighted by atomic mass is 10.0. The average Bonchev–Trinajstić information content (AvgIpc) is 3.52. The monoisotopic (exact) mass is 742 g/mol. The van der Waals surface area contributed by atoms with E-state index in [2.05, 4.69) is 31.0 Å². The van der Waals surface area contributed by atoms with Crippen molar-refractivity contribution in [3.05, 3.63) is 151 Å². The van der Waals surface area contributed by atoms with E-state index in [9.17, 15) is 9.59 Å². The number of allylic oxidation sites excluding steroid dienone is 1. The predicted octanol–water partition coefficient (Wildman–Crippen LogP) is 9.37. The quantitative estimate of drug-likeness (QED) is 0.0854. The van der Waals surface area contributed by atoms with Crippen LogP contribution in [0, 0.1) is 6.92 Å². The second-order valence-corrected chi connectivity index (χ2v) is 20.0. The van der Waals surface area contributed by atoms with Crippen molar-refractivity contribution < 1.29 is 14.3 Å². The molecular formula is C40H44Cl2N4O4Si. The Balaban J connectivity index is 1.24. The Hall–Kier alpha value is -4.41. The number of alkyl carbamates (subject to hydrolysis) is 1. The van der Waals surface area contributed by atoms with Crippen LogP contribution in [0.2, 0.25) is 35.7 Å². The van der Waals surface area contributed by atoms with E-state index < -0.39 is 14.2 Å². The number of rotatable bonds is 15. The normalized spacial score (nSPS) is 11.6. The van der Waals surface area contributed by atoms with Gasteiger partial charge >= 0.3 is 6.09 Å². The summed E-state index contributed by atoms with van der Waals surface area (Å²) in [5.41, 5.74) is 5.92. The highest BCUT2D eigenvalue weighted by molar-refractivity contribution is 6.76. The van der Waals surface area contributed by atoms with Crippen molar-refractivity contribution in [2.24, 2.45) is 0 Å². The molecule has 2 heterocycles. The lowest BCUT2D eigenvalue weighted by molar-refractivity contribution is 0.0845. The van der Waals surface area contributed by atoms with E-state index in [0.29, 0.717) is 47.7 Å².